The van der Waals surface area contributed by atoms with E-state index in [4.69, 9.17) is 9.47 Å². The van der Waals surface area contributed by atoms with E-state index in [1.807, 2.05) is 108 Å². The Morgan fingerprint density at radius 3 is 1.29 bits per heavy atom. The molecule has 0 aromatic heterocycles. The lowest BCUT2D eigenvalue weighted by molar-refractivity contribution is -0.140. The Balaban J connectivity index is 1.13. The minimum Gasteiger partial charge on any atom is -0.453 e. The van der Waals surface area contributed by atoms with Crippen molar-refractivity contribution in [3.05, 3.63) is 90.0 Å². The summed E-state index contributed by atoms with van der Waals surface area (Å²) in [6, 6.07) is 23.0. The summed E-state index contributed by atoms with van der Waals surface area (Å²) in [5, 5.41) is 11.4. The minimum absolute atomic E-state index is 0.0394. The third kappa shape index (κ3) is 10.7. The molecule has 0 aliphatic carbocycles. The predicted octanol–water partition coefficient (Wildman–Crippen LogP) is 7.17. The molecule has 15 nitrogen and oxygen atoms in total. The van der Waals surface area contributed by atoms with E-state index >= 15 is 0 Å². The summed E-state index contributed by atoms with van der Waals surface area (Å²) in [6.45, 7) is 12.0. The van der Waals surface area contributed by atoms with Gasteiger partial charge in [0.2, 0.25) is 23.6 Å². The summed E-state index contributed by atoms with van der Waals surface area (Å²) in [7, 11) is 2.50. The molecule has 15 heteroatoms. The van der Waals surface area contributed by atoms with Gasteiger partial charge in [0.1, 0.15) is 24.2 Å². The second-order valence-electron chi connectivity index (χ2n) is 18.8. The summed E-state index contributed by atoms with van der Waals surface area (Å²) in [6.07, 6.45) is 2.74. The highest BCUT2D eigenvalue weighted by Crippen LogP contribution is 2.47. The number of likely N-dealkylation sites (tertiary alicyclic amines) is 2. The highest BCUT2D eigenvalue weighted by atomic mass is 16.5. The second kappa shape index (κ2) is 19.5. The molecule has 3 aromatic carbocycles. The highest BCUT2D eigenvalue weighted by Gasteiger charge is 2.44. The summed E-state index contributed by atoms with van der Waals surface area (Å²) in [5.41, 5.74) is 3.29. The van der Waals surface area contributed by atoms with Gasteiger partial charge in [0.15, 0.2) is 0 Å². The SMILES string of the molecule is COC(=O)N[C@H](C(=O)N1CCC[C@H]1C(=O)Nc1ccc([C@@H]2CC[C@@H](c3ccc(NC(=O)[C@@H]4CCCN4C(=O)[C@@H](NC(=O)OC)C(C)(C)C)cc3)N2c2ccccc2)cc1)C(C)(C)C. The van der Waals surface area contributed by atoms with Crippen LogP contribution in [0.15, 0.2) is 78.9 Å². The lowest BCUT2D eigenvalue weighted by atomic mass is 9.85. The molecule has 0 radical (unpaired) electrons. The van der Waals surface area contributed by atoms with Crippen molar-refractivity contribution in [2.45, 2.75) is 116 Å². The molecule has 0 saturated carbocycles. The second-order valence-corrected chi connectivity index (χ2v) is 18.8. The van der Waals surface area contributed by atoms with E-state index in [1.54, 1.807) is 9.80 Å². The Morgan fingerprint density at radius 2 is 0.937 bits per heavy atom. The van der Waals surface area contributed by atoms with E-state index in [9.17, 15) is 28.8 Å². The molecule has 338 valence electrons. The number of carbonyl (C=O) groups is 6. The number of nitrogens with one attached hydrogen (secondary N) is 4. The Bertz CT molecular complexity index is 1990. The maximum atomic E-state index is 13.7. The number of benzene rings is 3. The molecular weight excluding hydrogens is 803 g/mol. The first-order valence-corrected chi connectivity index (χ1v) is 21.9. The van der Waals surface area contributed by atoms with E-state index in [2.05, 4.69) is 38.3 Å². The Morgan fingerprint density at radius 1 is 0.556 bits per heavy atom. The molecule has 3 aliphatic rings. The summed E-state index contributed by atoms with van der Waals surface area (Å²) < 4.78 is 9.55. The number of alkyl carbamates (subject to hydrolysis) is 2. The molecule has 3 heterocycles. The van der Waals surface area contributed by atoms with Gasteiger partial charge in [0.25, 0.3) is 0 Å². The number of nitrogens with zero attached hydrogens (tertiary/aromatic N) is 3. The van der Waals surface area contributed by atoms with Crippen molar-refractivity contribution in [3.63, 3.8) is 0 Å². The maximum absolute atomic E-state index is 13.7. The van der Waals surface area contributed by atoms with Crippen molar-refractivity contribution >= 4 is 52.9 Å². The Labute approximate surface area is 370 Å². The average Bonchev–Trinajstić information content (AvgIpc) is 4.05. The molecule has 63 heavy (non-hydrogen) atoms. The van der Waals surface area contributed by atoms with Gasteiger partial charge in [-0.05, 0) is 96.9 Å². The number of ether oxygens (including phenoxy) is 2. The summed E-state index contributed by atoms with van der Waals surface area (Å²) in [5.74, 6) is -1.19. The van der Waals surface area contributed by atoms with Crippen LogP contribution >= 0.6 is 0 Å². The normalized spacial score (nSPS) is 21.0. The van der Waals surface area contributed by atoms with Gasteiger partial charge in [0.05, 0.1) is 26.3 Å². The number of para-hydroxylation sites is 1. The van der Waals surface area contributed by atoms with Gasteiger partial charge >= 0.3 is 12.2 Å². The molecule has 6 atom stereocenters. The molecule has 3 saturated heterocycles. The zero-order valence-corrected chi connectivity index (χ0v) is 37.7. The van der Waals surface area contributed by atoms with Crippen LogP contribution in [0.2, 0.25) is 0 Å². The lowest BCUT2D eigenvalue weighted by Crippen LogP contribution is -2.57. The van der Waals surface area contributed by atoms with Crippen molar-refractivity contribution in [3.8, 4) is 0 Å². The van der Waals surface area contributed by atoms with Crippen LogP contribution in [0.3, 0.4) is 0 Å². The van der Waals surface area contributed by atoms with Crippen molar-refractivity contribution in [2.75, 3.05) is 42.8 Å². The largest absolute Gasteiger partial charge is 0.453 e. The van der Waals surface area contributed by atoms with Crippen molar-refractivity contribution in [1.82, 2.24) is 20.4 Å². The first-order chi connectivity index (χ1) is 29.9. The van der Waals surface area contributed by atoms with Crippen molar-refractivity contribution in [2.24, 2.45) is 10.8 Å². The van der Waals surface area contributed by atoms with Crippen molar-refractivity contribution in [1.29, 1.82) is 0 Å². The van der Waals surface area contributed by atoms with Crippen LogP contribution in [-0.2, 0) is 28.7 Å². The molecule has 6 rings (SSSR count). The average molecular weight is 866 g/mol. The monoisotopic (exact) mass is 865 g/mol. The number of amides is 6. The Hall–Kier alpha value is -6.12. The Kier molecular flexibility index (Phi) is 14.4. The number of anilines is 3. The fourth-order valence-electron chi connectivity index (χ4n) is 9.04. The molecule has 3 aliphatic heterocycles. The molecule has 3 aromatic rings. The van der Waals surface area contributed by atoms with Gasteiger partial charge in [-0.15, -0.1) is 0 Å². The smallest absolute Gasteiger partial charge is 0.407 e. The lowest BCUT2D eigenvalue weighted by Gasteiger charge is -2.35. The van der Waals surface area contributed by atoms with Crippen LogP contribution in [0.25, 0.3) is 0 Å². The van der Waals surface area contributed by atoms with Crippen LogP contribution < -0.4 is 26.2 Å². The van der Waals surface area contributed by atoms with E-state index in [1.165, 1.54) is 14.2 Å². The van der Waals surface area contributed by atoms with Gasteiger partial charge in [0, 0.05) is 30.2 Å². The topological polar surface area (TPSA) is 179 Å². The summed E-state index contributed by atoms with van der Waals surface area (Å²) in [4.78, 5) is 84.6. The first kappa shape index (κ1) is 46.4. The molecule has 0 unspecified atom stereocenters. The molecule has 4 N–H and O–H groups in total. The van der Waals surface area contributed by atoms with E-state index in [-0.39, 0.29) is 35.7 Å². The predicted molar refractivity (Wildman–Crippen MR) is 241 cm³/mol. The van der Waals surface area contributed by atoms with Crippen LogP contribution in [0, 0.1) is 10.8 Å². The maximum Gasteiger partial charge on any atom is 0.407 e. The highest BCUT2D eigenvalue weighted by molar-refractivity contribution is 6.00. The van der Waals surface area contributed by atoms with E-state index in [0.29, 0.717) is 50.1 Å². The molecule has 0 spiro atoms. The van der Waals surface area contributed by atoms with Crippen molar-refractivity contribution < 1.29 is 38.2 Å². The van der Waals surface area contributed by atoms with E-state index < -0.39 is 47.2 Å². The third-order valence-electron chi connectivity index (χ3n) is 12.4. The van der Waals surface area contributed by atoms with Gasteiger partial charge < -0.3 is 45.4 Å². The quantitative estimate of drug-likeness (QED) is 0.156. The van der Waals surface area contributed by atoms with Crippen LogP contribution in [0.1, 0.15) is 103 Å². The number of carbonyl (C=O) groups excluding carboxylic acids is 6. The number of rotatable bonds is 11. The fraction of sp³-hybridized carbons (Fsp3) is 0.500. The summed E-state index contributed by atoms with van der Waals surface area (Å²) >= 11 is 0. The zero-order chi connectivity index (χ0) is 45.6. The number of hydrogen-bond acceptors (Lipinski definition) is 9. The third-order valence-corrected chi connectivity index (χ3v) is 12.4. The van der Waals surface area contributed by atoms with Gasteiger partial charge in [-0.25, -0.2) is 9.59 Å². The van der Waals surface area contributed by atoms with Gasteiger partial charge in [-0.2, -0.15) is 0 Å². The molecular formula is C48H63N7O8. The first-order valence-electron chi connectivity index (χ1n) is 21.9. The van der Waals surface area contributed by atoms with Crippen LogP contribution in [0.5, 0.6) is 0 Å². The van der Waals surface area contributed by atoms with Gasteiger partial charge in [-0.1, -0.05) is 84.0 Å². The minimum atomic E-state index is -0.863. The van der Waals surface area contributed by atoms with Crippen LogP contribution in [-0.4, -0.2) is 97.1 Å². The zero-order valence-electron chi connectivity index (χ0n) is 37.7. The molecule has 0 bridgehead atoms. The number of methoxy groups -OCH3 is 2. The standard InChI is InChI=1S/C48H63N7O8/c1-47(2,3)39(51-45(60)62-7)43(58)53-28-12-16-37(53)41(56)49-32-22-18-30(19-23-32)35-26-27-36(55(35)34-14-10-9-11-15-34)31-20-24-33(25-21-31)50-42(57)38-17-13-29-54(38)44(59)40(48(4,5)6)52-46(61)63-8/h9-11,14-15,18-25,35-40H,12-13,16-17,26-29H2,1-8H3,(H,49,56)(H,50,57)(H,51,60)(H,52,61)/t35-,36-,37-,38-,39+,40+/m0/s1. The van der Waals surface area contributed by atoms with Crippen LogP contribution in [0.4, 0.5) is 26.7 Å². The molecule has 3 fully saturated rings. The molecule has 6 amide bonds. The number of hydrogen-bond donors (Lipinski definition) is 4. The van der Waals surface area contributed by atoms with Gasteiger partial charge in [-0.3, -0.25) is 19.2 Å². The fourth-order valence-corrected chi connectivity index (χ4v) is 9.04. The van der Waals surface area contributed by atoms with E-state index in [0.717, 1.165) is 29.7 Å².